The Balaban J connectivity index is 1.99. The van der Waals surface area contributed by atoms with Crippen LogP contribution in [0.5, 0.6) is 0 Å². The predicted molar refractivity (Wildman–Crippen MR) is 143 cm³/mol. The van der Waals surface area contributed by atoms with Gasteiger partial charge in [0, 0.05) is 25.7 Å². The fraction of sp³-hybridized carbons (Fsp3) is 0.379. The minimum Gasteiger partial charge on any atom is -0.354 e. The van der Waals surface area contributed by atoms with Crippen LogP contribution in [0.15, 0.2) is 79.1 Å². The summed E-state index contributed by atoms with van der Waals surface area (Å²) in [5.74, 6) is -0.304. The molecule has 0 fully saturated rings. The third-order valence-corrected chi connectivity index (χ3v) is 4.81. The first-order valence-corrected chi connectivity index (χ1v) is 12.3. The van der Waals surface area contributed by atoms with Crippen molar-refractivity contribution < 1.29 is 9.59 Å². The number of nitrogens with one attached hydrogen (secondary N) is 2. The Bertz CT molecular complexity index is 919. The van der Waals surface area contributed by atoms with Crippen molar-refractivity contribution in [2.45, 2.75) is 58.3 Å². The summed E-state index contributed by atoms with van der Waals surface area (Å²) in [6, 6.07) is 4.95. The van der Waals surface area contributed by atoms with Gasteiger partial charge in [0.25, 0.3) is 5.91 Å². The second-order valence-corrected chi connectivity index (χ2v) is 7.75. The lowest BCUT2D eigenvalue weighted by Crippen LogP contribution is -2.34. The molecule has 1 aromatic rings. The van der Waals surface area contributed by atoms with E-state index in [4.69, 9.17) is 5.26 Å². The quantitative estimate of drug-likeness (QED) is 0.223. The predicted octanol–water partition coefficient (Wildman–Crippen LogP) is 5.72. The highest BCUT2D eigenvalue weighted by atomic mass is 16.2. The first-order valence-electron chi connectivity index (χ1n) is 12.3. The molecule has 0 radical (unpaired) electrons. The maximum absolute atomic E-state index is 12.0. The van der Waals surface area contributed by atoms with Crippen molar-refractivity contribution in [3.05, 3.63) is 90.3 Å². The molecule has 0 atom stereocenters. The number of aromatic nitrogens is 1. The van der Waals surface area contributed by atoms with Gasteiger partial charge in [0.15, 0.2) is 0 Å². The maximum Gasteiger partial charge on any atom is 0.252 e. The lowest BCUT2D eigenvalue weighted by atomic mass is 10.2. The number of nitriles is 1. The van der Waals surface area contributed by atoms with Crippen LogP contribution in [0, 0.1) is 11.3 Å². The normalized spacial score (nSPS) is 11.8. The van der Waals surface area contributed by atoms with Crippen LogP contribution in [0.1, 0.15) is 74.3 Å². The molecule has 1 aromatic heterocycles. The third-order valence-electron chi connectivity index (χ3n) is 4.81. The molecule has 0 aromatic carbocycles. The third kappa shape index (κ3) is 16.5. The van der Waals surface area contributed by atoms with Crippen molar-refractivity contribution >= 4 is 11.8 Å². The Hall–Kier alpha value is -3.72. The van der Waals surface area contributed by atoms with Gasteiger partial charge in [-0.25, -0.2) is 4.98 Å². The van der Waals surface area contributed by atoms with Crippen LogP contribution in [0.2, 0.25) is 0 Å². The van der Waals surface area contributed by atoms with E-state index in [-0.39, 0.29) is 17.5 Å². The Morgan fingerprint density at radius 2 is 1.43 bits per heavy atom. The molecule has 0 saturated heterocycles. The van der Waals surface area contributed by atoms with E-state index in [1.54, 1.807) is 6.07 Å². The van der Waals surface area contributed by atoms with Crippen LogP contribution in [0.3, 0.4) is 0 Å². The number of carbonyl (C=O) groups is 2. The Labute approximate surface area is 210 Å². The van der Waals surface area contributed by atoms with Crippen molar-refractivity contribution in [1.29, 1.82) is 5.26 Å². The van der Waals surface area contributed by atoms with Gasteiger partial charge < -0.3 is 10.6 Å². The van der Waals surface area contributed by atoms with Crippen molar-refractivity contribution in [3.63, 3.8) is 0 Å². The first kappa shape index (κ1) is 29.3. The summed E-state index contributed by atoms with van der Waals surface area (Å²) in [6.45, 7) is 2.85. The van der Waals surface area contributed by atoms with Gasteiger partial charge in [-0.2, -0.15) is 5.26 Å². The van der Waals surface area contributed by atoms with E-state index in [2.05, 4.69) is 83.3 Å². The van der Waals surface area contributed by atoms with E-state index in [0.29, 0.717) is 25.1 Å². The summed E-state index contributed by atoms with van der Waals surface area (Å²) < 4.78 is 0. The summed E-state index contributed by atoms with van der Waals surface area (Å²) in [4.78, 5) is 27.7. The molecular weight excluding hydrogens is 436 g/mol. The van der Waals surface area contributed by atoms with E-state index in [1.807, 2.05) is 6.07 Å². The van der Waals surface area contributed by atoms with Gasteiger partial charge in [0.2, 0.25) is 5.91 Å². The average Bonchev–Trinajstić information content (AvgIpc) is 2.88. The Morgan fingerprint density at radius 3 is 1.97 bits per heavy atom. The van der Waals surface area contributed by atoms with Gasteiger partial charge in [-0.15, -0.1) is 0 Å². The summed E-state index contributed by atoms with van der Waals surface area (Å²) in [5, 5.41) is 14.2. The molecule has 1 rings (SSSR count). The molecule has 0 aliphatic heterocycles. The second-order valence-electron chi connectivity index (χ2n) is 7.75. The smallest absolute Gasteiger partial charge is 0.252 e. The zero-order valence-electron chi connectivity index (χ0n) is 20.8. The van der Waals surface area contributed by atoms with Crippen LogP contribution in [0.4, 0.5) is 0 Å². The first-order chi connectivity index (χ1) is 17.2. The van der Waals surface area contributed by atoms with Crippen molar-refractivity contribution in [3.8, 4) is 6.07 Å². The second kappa shape index (κ2) is 20.9. The van der Waals surface area contributed by atoms with Gasteiger partial charge in [0.05, 0.1) is 5.56 Å². The van der Waals surface area contributed by atoms with Crippen molar-refractivity contribution in [2.75, 3.05) is 13.1 Å². The fourth-order valence-electron chi connectivity index (χ4n) is 2.91. The summed E-state index contributed by atoms with van der Waals surface area (Å²) >= 11 is 0. The average molecular weight is 475 g/mol. The molecule has 2 amide bonds. The van der Waals surface area contributed by atoms with Crippen LogP contribution in [-0.2, 0) is 4.79 Å². The number of amides is 2. The highest BCUT2D eigenvalue weighted by molar-refractivity contribution is 5.93. The molecular formula is C29H38N4O2. The zero-order valence-corrected chi connectivity index (χ0v) is 20.8. The molecule has 6 heteroatoms. The maximum atomic E-state index is 12.0. The van der Waals surface area contributed by atoms with E-state index >= 15 is 0 Å². The summed E-state index contributed by atoms with van der Waals surface area (Å²) in [7, 11) is 0. The molecule has 0 bridgehead atoms. The SMILES string of the molecule is CC/C=C\C/C=C\C/C=C\C/C=C\C/C=C\CCCC(=O)NCCNC(=O)c1ccc(C#N)nc1. The number of hydrogen-bond donors (Lipinski definition) is 2. The van der Waals surface area contributed by atoms with E-state index < -0.39 is 0 Å². The number of rotatable bonds is 17. The lowest BCUT2D eigenvalue weighted by Gasteiger charge is -2.07. The number of allylic oxidation sites excluding steroid dienone is 10. The summed E-state index contributed by atoms with van der Waals surface area (Å²) in [6.07, 6.45) is 30.1. The molecule has 0 spiro atoms. The molecule has 6 nitrogen and oxygen atoms in total. The largest absolute Gasteiger partial charge is 0.354 e. The number of pyridine rings is 1. The number of nitrogens with zero attached hydrogens (tertiary/aromatic N) is 2. The van der Waals surface area contributed by atoms with Crippen LogP contribution in [-0.4, -0.2) is 29.9 Å². The van der Waals surface area contributed by atoms with Gasteiger partial charge in [-0.05, 0) is 57.1 Å². The van der Waals surface area contributed by atoms with Crippen molar-refractivity contribution in [2.24, 2.45) is 0 Å². The van der Waals surface area contributed by atoms with Gasteiger partial charge >= 0.3 is 0 Å². The van der Waals surface area contributed by atoms with Crippen molar-refractivity contribution in [1.82, 2.24) is 15.6 Å². The molecule has 35 heavy (non-hydrogen) atoms. The molecule has 0 unspecified atom stereocenters. The molecule has 0 aliphatic carbocycles. The molecule has 1 heterocycles. The Kier molecular flexibility index (Phi) is 17.5. The number of hydrogen-bond acceptors (Lipinski definition) is 4. The standard InChI is InChI=1S/C29H38N4O2/c1-2-3-4-5-6-7-8-9-10-11-12-13-14-15-16-17-18-19-28(34)31-22-23-32-29(35)26-20-21-27(24-30)33-25-26/h3-4,6-7,9-10,12-13,15-16,20-21,25H,2,5,8,11,14,17-19,22-23H2,1H3,(H,31,34)(H,32,35)/b4-3-,7-6-,10-9-,13-12-,16-15-. The van der Waals surface area contributed by atoms with E-state index in [9.17, 15) is 9.59 Å². The Morgan fingerprint density at radius 1 is 0.857 bits per heavy atom. The monoisotopic (exact) mass is 474 g/mol. The van der Waals surface area contributed by atoms with E-state index in [1.165, 1.54) is 12.3 Å². The molecule has 0 aliphatic rings. The van der Waals surface area contributed by atoms with Crippen LogP contribution >= 0.6 is 0 Å². The minimum atomic E-state index is -0.283. The van der Waals surface area contributed by atoms with E-state index in [0.717, 1.165) is 44.9 Å². The molecule has 186 valence electrons. The highest BCUT2D eigenvalue weighted by Crippen LogP contribution is 2.00. The summed E-state index contributed by atoms with van der Waals surface area (Å²) in [5.41, 5.74) is 0.644. The number of unbranched alkanes of at least 4 members (excludes halogenated alkanes) is 1. The van der Waals surface area contributed by atoms with Crippen LogP contribution < -0.4 is 10.6 Å². The number of carbonyl (C=O) groups excluding carboxylic acids is 2. The zero-order chi connectivity index (χ0) is 25.4. The van der Waals surface area contributed by atoms with Crippen LogP contribution in [0.25, 0.3) is 0 Å². The van der Waals surface area contributed by atoms with Gasteiger partial charge in [0.1, 0.15) is 11.8 Å². The lowest BCUT2D eigenvalue weighted by molar-refractivity contribution is -0.121. The minimum absolute atomic E-state index is 0.0216. The topological polar surface area (TPSA) is 94.9 Å². The highest BCUT2D eigenvalue weighted by Gasteiger charge is 2.06. The van der Waals surface area contributed by atoms with Gasteiger partial charge in [-0.3, -0.25) is 9.59 Å². The van der Waals surface area contributed by atoms with Gasteiger partial charge in [-0.1, -0.05) is 67.7 Å². The fourth-order valence-corrected chi connectivity index (χ4v) is 2.91. The molecule has 2 N–H and O–H groups in total. The molecule has 0 saturated carbocycles.